The van der Waals surface area contributed by atoms with Crippen LogP contribution in [0.5, 0.6) is 34.5 Å². The number of phenols is 1. The summed E-state index contributed by atoms with van der Waals surface area (Å²) in [5, 5.41) is 11.9. The molecule has 0 amide bonds. The second-order valence-corrected chi connectivity index (χ2v) is 12.1. The fourth-order valence-electron chi connectivity index (χ4n) is 6.21. The highest BCUT2D eigenvalue weighted by Gasteiger charge is 2.36. The number of hydrogen-bond donors (Lipinski definition) is 1. The molecule has 0 unspecified atom stereocenters. The molecule has 2 heterocycles. The lowest BCUT2D eigenvalue weighted by atomic mass is 9.86. The van der Waals surface area contributed by atoms with Gasteiger partial charge in [0.2, 0.25) is 11.5 Å². The Morgan fingerprint density at radius 1 is 0.850 bits per heavy atom. The van der Waals surface area contributed by atoms with Gasteiger partial charge in [-0.05, 0) is 74.9 Å². The van der Waals surface area contributed by atoms with Crippen molar-refractivity contribution in [1.29, 1.82) is 0 Å². The third-order valence-corrected chi connectivity index (χ3v) is 8.15. The van der Waals surface area contributed by atoms with Crippen molar-refractivity contribution in [1.82, 2.24) is 9.80 Å². The number of carbonyl (C=O) groups excluding carboxylic acids is 1. The molecule has 8 heteroatoms. The lowest BCUT2D eigenvalue weighted by Gasteiger charge is -2.38. The quantitative estimate of drug-likeness (QED) is 0.287. The second-order valence-electron chi connectivity index (χ2n) is 12.1. The van der Waals surface area contributed by atoms with Crippen LogP contribution in [-0.2, 0) is 17.6 Å². The van der Waals surface area contributed by atoms with Crippen molar-refractivity contribution in [3.8, 4) is 34.5 Å². The van der Waals surface area contributed by atoms with Gasteiger partial charge in [-0.1, -0.05) is 27.7 Å². The molecule has 0 bridgehead atoms. The van der Waals surface area contributed by atoms with Gasteiger partial charge >= 0.3 is 5.97 Å². The molecular formula is C32H46N2O6. The third-order valence-electron chi connectivity index (χ3n) is 8.15. The van der Waals surface area contributed by atoms with Crippen LogP contribution in [0.3, 0.4) is 0 Å². The molecule has 0 saturated heterocycles. The van der Waals surface area contributed by atoms with E-state index in [9.17, 15) is 9.90 Å². The Balaban J connectivity index is 1.98. The Hall–Kier alpha value is -2.97. The highest BCUT2D eigenvalue weighted by atomic mass is 16.6. The molecular weight excluding hydrogens is 508 g/mol. The first kappa shape index (κ1) is 30.0. The molecule has 2 aromatic rings. The highest BCUT2D eigenvalue weighted by Crippen LogP contribution is 2.55. The van der Waals surface area contributed by atoms with Gasteiger partial charge in [-0.2, -0.15) is 0 Å². The summed E-state index contributed by atoms with van der Waals surface area (Å²) in [7, 11) is 7.35. The van der Waals surface area contributed by atoms with Crippen molar-refractivity contribution in [2.45, 2.75) is 72.4 Å². The Morgan fingerprint density at radius 3 is 1.80 bits per heavy atom. The molecule has 2 aliphatic heterocycles. The minimum Gasteiger partial charge on any atom is -0.504 e. The highest BCUT2D eigenvalue weighted by molar-refractivity contribution is 5.74. The number of methoxy groups -OCH3 is 2. The van der Waals surface area contributed by atoms with Crippen LogP contribution in [0.15, 0.2) is 12.1 Å². The average molecular weight is 555 g/mol. The maximum Gasteiger partial charge on any atom is 0.308 e. The van der Waals surface area contributed by atoms with E-state index in [1.807, 2.05) is 12.1 Å². The van der Waals surface area contributed by atoms with Gasteiger partial charge in [-0.3, -0.25) is 14.6 Å². The SMILES string of the molecule is COc1cc2c(c(O)c1Oc1c(OC(C)=O)c(OC)cc3c1[C@H](CC(C)C)N(C)CC3)[C@H](CC(C)C)N(C)CC2. The summed E-state index contributed by atoms with van der Waals surface area (Å²) >= 11 is 0. The summed E-state index contributed by atoms with van der Waals surface area (Å²) in [6, 6.07) is 4.02. The number of likely N-dealkylation sites (N-methyl/N-ethyl adjacent to an activating group) is 2. The van der Waals surface area contributed by atoms with E-state index in [0.29, 0.717) is 29.1 Å². The molecule has 0 radical (unpaired) electrons. The van der Waals surface area contributed by atoms with Gasteiger partial charge in [0, 0.05) is 43.2 Å². The van der Waals surface area contributed by atoms with Gasteiger partial charge in [0.1, 0.15) is 0 Å². The van der Waals surface area contributed by atoms with Crippen molar-refractivity contribution in [2.75, 3.05) is 41.4 Å². The molecule has 4 rings (SSSR count). The number of fused-ring (bicyclic) bond motifs is 2. The zero-order valence-corrected chi connectivity index (χ0v) is 25.6. The van der Waals surface area contributed by atoms with Crippen LogP contribution < -0.4 is 18.9 Å². The largest absolute Gasteiger partial charge is 0.504 e. The number of rotatable bonds is 9. The minimum absolute atomic E-state index is 0.0320. The van der Waals surface area contributed by atoms with Gasteiger partial charge in [0.25, 0.3) is 0 Å². The van der Waals surface area contributed by atoms with E-state index in [1.54, 1.807) is 14.2 Å². The number of esters is 1. The van der Waals surface area contributed by atoms with Crippen LogP contribution in [0.1, 0.15) is 81.8 Å². The van der Waals surface area contributed by atoms with E-state index in [1.165, 1.54) is 6.92 Å². The number of nitrogens with zero attached hydrogens (tertiary/aromatic N) is 2. The topological polar surface area (TPSA) is 80.7 Å². The summed E-state index contributed by atoms with van der Waals surface area (Å²) in [6.07, 6.45) is 3.39. The Labute approximate surface area is 239 Å². The molecule has 0 aliphatic carbocycles. The molecule has 40 heavy (non-hydrogen) atoms. The first-order valence-corrected chi connectivity index (χ1v) is 14.4. The first-order chi connectivity index (χ1) is 19.0. The average Bonchev–Trinajstić information content (AvgIpc) is 2.88. The molecule has 2 atom stereocenters. The first-order valence-electron chi connectivity index (χ1n) is 14.4. The number of benzene rings is 2. The fourth-order valence-corrected chi connectivity index (χ4v) is 6.21. The Morgan fingerprint density at radius 2 is 1.32 bits per heavy atom. The lowest BCUT2D eigenvalue weighted by Crippen LogP contribution is -2.33. The van der Waals surface area contributed by atoms with Gasteiger partial charge in [0.15, 0.2) is 23.0 Å². The van der Waals surface area contributed by atoms with Crippen molar-refractivity contribution in [2.24, 2.45) is 11.8 Å². The van der Waals surface area contributed by atoms with Crippen molar-refractivity contribution >= 4 is 5.97 Å². The predicted octanol–water partition coefficient (Wildman–Crippen LogP) is 6.28. The molecule has 0 saturated carbocycles. The molecule has 2 aliphatic rings. The van der Waals surface area contributed by atoms with Crippen molar-refractivity contribution in [3.05, 3.63) is 34.4 Å². The smallest absolute Gasteiger partial charge is 0.308 e. The summed E-state index contributed by atoms with van der Waals surface area (Å²) in [6.45, 7) is 11.9. The van der Waals surface area contributed by atoms with Crippen LogP contribution >= 0.6 is 0 Å². The number of ether oxygens (including phenoxy) is 4. The van der Waals surface area contributed by atoms with Crippen LogP contribution in [0, 0.1) is 11.8 Å². The standard InChI is InChI=1S/C32H46N2O6/c1-18(2)14-23-27-21(10-12-33(23)6)16-25(37-8)30(29(27)36)40-32-28-22(11-13-34(7)24(28)15-19(3)4)17-26(38-9)31(32)39-20(5)35/h16-19,23-24,36H,10-15H2,1-9H3/t23-,24-/m0/s1. The Kier molecular flexibility index (Phi) is 9.20. The summed E-state index contributed by atoms with van der Waals surface area (Å²) in [4.78, 5) is 16.9. The molecule has 0 fully saturated rings. The molecule has 2 aromatic carbocycles. The summed E-state index contributed by atoms with van der Waals surface area (Å²) in [5.41, 5.74) is 3.98. The summed E-state index contributed by atoms with van der Waals surface area (Å²) in [5.74, 6) is 2.15. The van der Waals surface area contributed by atoms with Crippen molar-refractivity contribution < 1.29 is 28.8 Å². The Bertz CT molecular complexity index is 1240. The van der Waals surface area contributed by atoms with Crippen LogP contribution in [0.2, 0.25) is 0 Å². The predicted molar refractivity (Wildman–Crippen MR) is 156 cm³/mol. The fraction of sp³-hybridized carbons (Fsp3) is 0.594. The number of hydrogen-bond acceptors (Lipinski definition) is 8. The normalized spacial score (nSPS) is 19.4. The van der Waals surface area contributed by atoms with E-state index in [-0.39, 0.29) is 29.3 Å². The minimum atomic E-state index is -0.479. The maximum atomic E-state index is 12.3. The van der Waals surface area contributed by atoms with E-state index in [2.05, 4.69) is 51.6 Å². The van der Waals surface area contributed by atoms with E-state index >= 15 is 0 Å². The van der Waals surface area contributed by atoms with E-state index in [4.69, 9.17) is 18.9 Å². The molecule has 1 N–H and O–H groups in total. The number of carbonyl (C=O) groups is 1. The molecule has 8 nitrogen and oxygen atoms in total. The van der Waals surface area contributed by atoms with Gasteiger partial charge in [0.05, 0.1) is 14.2 Å². The summed E-state index contributed by atoms with van der Waals surface area (Å²) < 4.78 is 24.0. The zero-order valence-electron chi connectivity index (χ0n) is 25.6. The van der Waals surface area contributed by atoms with Crippen LogP contribution in [0.4, 0.5) is 0 Å². The van der Waals surface area contributed by atoms with Crippen LogP contribution in [-0.4, -0.2) is 62.3 Å². The third kappa shape index (κ3) is 5.88. The van der Waals surface area contributed by atoms with E-state index < -0.39 is 5.97 Å². The monoisotopic (exact) mass is 554 g/mol. The van der Waals surface area contributed by atoms with Crippen LogP contribution in [0.25, 0.3) is 0 Å². The van der Waals surface area contributed by atoms with Crippen molar-refractivity contribution in [3.63, 3.8) is 0 Å². The zero-order chi connectivity index (χ0) is 29.3. The van der Waals surface area contributed by atoms with Gasteiger partial charge in [-0.15, -0.1) is 0 Å². The molecule has 0 aromatic heterocycles. The number of aromatic hydroxyl groups is 1. The molecule has 0 spiro atoms. The van der Waals surface area contributed by atoms with E-state index in [0.717, 1.165) is 61.0 Å². The van der Waals surface area contributed by atoms with Gasteiger partial charge in [-0.25, -0.2) is 0 Å². The number of phenolic OH excluding ortho intramolecular Hbond substituents is 1. The lowest BCUT2D eigenvalue weighted by molar-refractivity contribution is -0.132. The molecule has 220 valence electrons. The second kappa shape index (κ2) is 12.3. The van der Waals surface area contributed by atoms with Gasteiger partial charge < -0.3 is 24.1 Å². The maximum absolute atomic E-state index is 12.3.